The zero-order chi connectivity index (χ0) is 17.8. The van der Waals surface area contributed by atoms with Crippen LogP contribution < -0.4 is 5.32 Å². The molecule has 0 aliphatic heterocycles. The zero-order valence-corrected chi connectivity index (χ0v) is 14.3. The number of amides is 1. The van der Waals surface area contributed by atoms with Crippen LogP contribution in [0.1, 0.15) is 35.8 Å². The van der Waals surface area contributed by atoms with Gasteiger partial charge in [0.15, 0.2) is 0 Å². The molecule has 0 aliphatic rings. The Labute approximate surface area is 145 Å². The van der Waals surface area contributed by atoms with Crippen molar-refractivity contribution in [3.05, 3.63) is 47.7 Å². The van der Waals surface area contributed by atoms with Crippen molar-refractivity contribution >= 4 is 17.0 Å². The Balaban J connectivity index is 1.97. The van der Waals surface area contributed by atoms with Crippen LogP contribution in [0.4, 0.5) is 0 Å². The van der Waals surface area contributed by atoms with E-state index in [4.69, 9.17) is 4.52 Å². The summed E-state index contributed by atoms with van der Waals surface area (Å²) < 4.78 is 5.28. The van der Waals surface area contributed by atoms with Crippen LogP contribution in [0.25, 0.3) is 22.4 Å². The summed E-state index contributed by atoms with van der Waals surface area (Å²) in [7, 11) is 0. The molecule has 0 saturated heterocycles. The first kappa shape index (κ1) is 17.1. The van der Waals surface area contributed by atoms with Crippen LogP contribution in [0.2, 0.25) is 0 Å². The fourth-order valence-corrected chi connectivity index (χ4v) is 2.77. The van der Waals surface area contributed by atoms with Crippen LogP contribution >= 0.6 is 0 Å². The number of pyridine rings is 1. The van der Waals surface area contributed by atoms with Crippen LogP contribution in [0, 0.1) is 6.92 Å². The second-order valence-corrected chi connectivity index (χ2v) is 6.02. The molecule has 3 aromatic rings. The Morgan fingerprint density at radius 1 is 1.32 bits per heavy atom. The third kappa shape index (κ3) is 3.69. The molecule has 0 aliphatic carbocycles. The van der Waals surface area contributed by atoms with Gasteiger partial charge in [-0.3, -0.25) is 4.79 Å². The van der Waals surface area contributed by atoms with Gasteiger partial charge < -0.3 is 14.9 Å². The normalized spacial score (nSPS) is 12.3. The van der Waals surface area contributed by atoms with Gasteiger partial charge in [-0.05, 0) is 19.4 Å². The number of rotatable bonds is 6. The molecule has 25 heavy (non-hydrogen) atoms. The van der Waals surface area contributed by atoms with Gasteiger partial charge in [0.05, 0.1) is 28.4 Å². The molecule has 1 aromatic carbocycles. The maximum Gasteiger partial charge on any atom is 0.259 e. The monoisotopic (exact) mass is 339 g/mol. The molecule has 2 aromatic heterocycles. The van der Waals surface area contributed by atoms with Gasteiger partial charge >= 0.3 is 0 Å². The molecule has 0 saturated carbocycles. The number of aryl methyl sites for hydroxylation is 1. The first-order valence-corrected chi connectivity index (χ1v) is 8.39. The minimum Gasteiger partial charge on any atom is -0.391 e. The number of nitrogens with one attached hydrogen (secondary N) is 1. The number of fused-ring (bicyclic) bond motifs is 1. The zero-order valence-electron chi connectivity index (χ0n) is 14.3. The Morgan fingerprint density at radius 3 is 2.80 bits per heavy atom. The lowest BCUT2D eigenvalue weighted by molar-refractivity contribution is 0.0911. The van der Waals surface area contributed by atoms with Crippen molar-refractivity contribution in [1.29, 1.82) is 0 Å². The van der Waals surface area contributed by atoms with Gasteiger partial charge in [0.2, 0.25) is 0 Å². The summed E-state index contributed by atoms with van der Waals surface area (Å²) in [5.74, 6) is -0.272. The van der Waals surface area contributed by atoms with Crippen molar-refractivity contribution in [3.63, 3.8) is 0 Å². The number of carbonyl (C=O) groups is 1. The molecule has 0 fully saturated rings. The lowest BCUT2D eigenvalue weighted by Crippen LogP contribution is -2.32. The lowest BCUT2D eigenvalue weighted by Gasteiger charge is -2.12. The maximum atomic E-state index is 12.7. The topological polar surface area (TPSA) is 88.2 Å². The van der Waals surface area contributed by atoms with Crippen LogP contribution in [-0.4, -0.2) is 33.8 Å². The molecule has 0 spiro atoms. The van der Waals surface area contributed by atoms with Crippen molar-refractivity contribution in [2.45, 2.75) is 32.8 Å². The number of hydrogen-bond donors (Lipinski definition) is 2. The predicted molar refractivity (Wildman–Crippen MR) is 95.2 cm³/mol. The van der Waals surface area contributed by atoms with E-state index in [-0.39, 0.29) is 12.5 Å². The number of aliphatic hydroxyl groups excluding tert-OH is 1. The van der Waals surface area contributed by atoms with E-state index in [1.807, 2.05) is 37.3 Å². The van der Waals surface area contributed by atoms with Crippen molar-refractivity contribution in [3.8, 4) is 11.3 Å². The first-order valence-electron chi connectivity index (χ1n) is 8.39. The van der Waals surface area contributed by atoms with Crippen LogP contribution in [-0.2, 0) is 0 Å². The molecule has 2 N–H and O–H groups in total. The smallest absolute Gasteiger partial charge is 0.259 e. The number of carbonyl (C=O) groups excluding carboxylic acids is 1. The van der Waals surface area contributed by atoms with E-state index in [1.165, 1.54) is 0 Å². The Morgan fingerprint density at radius 2 is 2.08 bits per heavy atom. The summed E-state index contributed by atoms with van der Waals surface area (Å²) >= 11 is 0. The molecule has 6 nitrogen and oxygen atoms in total. The fraction of sp³-hybridized carbons (Fsp3) is 0.316. The summed E-state index contributed by atoms with van der Waals surface area (Å²) in [6.45, 7) is 3.98. The standard InChI is InChI=1S/C19H21N3O3/c1-3-7-14(23)11-20-18(24)15-10-16(13-8-5-4-6-9-13)21-19-17(15)12(2)22-25-19/h4-6,8-10,14,23H,3,7,11H2,1-2H3,(H,20,24). The van der Waals surface area contributed by atoms with Gasteiger partial charge in [-0.1, -0.05) is 48.8 Å². The quantitative estimate of drug-likeness (QED) is 0.720. The summed E-state index contributed by atoms with van der Waals surface area (Å²) in [6, 6.07) is 11.3. The Bertz CT molecular complexity index is 874. The SMILES string of the molecule is CCCC(O)CNC(=O)c1cc(-c2ccccc2)nc2onc(C)c12. The van der Waals surface area contributed by atoms with Crippen molar-refractivity contribution < 1.29 is 14.4 Å². The highest BCUT2D eigenvalue weighted by Crippen LogP contribution is 2.26. The van der Waals surface area contributed by atoms with Crippen molar-refractivity contribution in [1.82, 2.24) is 15.5 Å². The summed E-state index contributed by atoms with van der Waals surface area (Å²) in [5.41, 5.74) is 2.92. The molecular formula is C19H21N3O3. The largest absolute Gasteiger partial charge is 0.391 e. The number of benzene rings is 1. The van der Waals surface area contributed by atoms with Crippen molar-refractivity contribution in [2.75, 3.05) is 6.54 Å². The van der Waals surface area contributed by atoms with Crippen LogP contribution in [0.3, 0.4) is 0 Å². The highest BCUT2D eigenvalue weighted by atomic mass is 16.5. The number of aromatic nitrogens is 2. The third-order valence-electron chi connectivity index (χ3n) is 4.05. The minimum atomic E-state index is -0.552. The molecule has 0 bridgehead atoms. The lowest BCUT2D eigenvalue weighted by atomic mass is 10.0. The third-order valence-corrected chi connectivity index (χ3v) is 4.05. The summed E-state index contributed by atoms with van der Waals surface area (Å²) in [4.78, 5) is 17.2. The molecule has 0 radical (unpaired) electrons. The highest BCUT2D eigenvalue weighted by molar-refractivity contribution is 6.07. The second kappa shape index (κ2) is 7.44. The molecule has 130 valence electrons. The average Bonchev–Trinajstić information content (AvgIpc) is 3.01. The summed E-state index contributed by atoms with van der Waals surface area (Å²) in [6.07, 6.45) is 0.955. The van der Waals surface area contributed by atoms with Gasteiger partial charge in [0.1, 0.15) is 0 Å². The first-order chi connectivity index (χ1) is 12.1. The van der Waals surface area contributed by atoms with E-state index in [9.17, 15) is 9.90 Å². The molecule has 1 atom stereocenters. The van der Waals surface area contributed by atoms with E-state index in [1.54, 1.807) is 13.0 Å². The fourth-order valence-electron chi connectivity index (χ4n) is 2.77. The molecule has 1 unspecified atom stereocenters. The van der Waals surface area contributed by atoms with Gasteiger partial charge in [-0.2, -0.15) is 0 Å². The van der Waals surface area contributed by atoms with Crippen molar-refractivity contribution in [2.24, 2.45) is 0 Å². The average molecular weight is 339 g/mol. The van der Waals surface area contributed by atoms with Crippen LogP contribution in [0.5, 0.6) is 0 Å². The van der Waals surface area contributed by atoms with E-state index in [0.29, 0.717) is 34.5 Å². The van der Waals surface area contributed by atoms with Gasteiger partial charge in [-0.25, -0.2) is 4.98 Å². The number of hydrogen-bond acceptors (Lipinski definition) is 5. The second-order valence-electron chi connectivity index (χ2n) is 6.02. The minimum absolute atomic E-state index is 0.210. The van der Waals surface area contributed by atoms with E-state index >= 15 is 0 Å². The maximum absolute atomic E-state index is 12.7. The predicted octanol–water partition coefficient (Wildman–Crippen LogP) is 3.09. The number of aliphatic hydroxyl groups is 1. The Hall–Kier alpha value is -2.73. The van der Waals surface area contributed by atoms with Gasteiger partial charge in [0, 0.05) is 12.1 Å². The van der Waals surface area contributed by atoms with E-state index < -0.39 is 6.10 Å². The molecule has 3 rings (SSSR count). The van der Waals surface area contributed by atoms with E-state index in [2.05, 4.69) is 15.5 Å². The van der Waals surface area contributed by atoms with E-state index in [0.717, 1.165) is 12.0 Å². The number of nitrogens with zero attached hydrogens (tertiary/aromatic N) is 2. The highest BCUT2D eigenvalue weighted by Gasteiger charge is 2.19. The van der Waals surface area contributed by atoms with Gasteiger partial charge in [0.25, 0.3) is 11.6 Å². The molecule has 2 heterocycles. The van der Waals surface area contributed by atoms with Gasteiger partial charge in [-0.15, -0.1) is 0 Å². The Kier molecular flexibility index (Phi) is 5.09. The summed E-state index contributed by atoms with van der Waals surface area (Å²) in [5, 5.41) is 17.2. The molecule has 1 amide bonds. The van der Waals surface area contributed by atoms with Crippen LogP contribution in [0.15, 0.2) is 40.9 Å². The molecule has 6 heteroatoms. The molecular weight excluding hydrogens is 318 g/mol.